The van der Waals surface area contributed by atoms with Gasteiger partial charge in [-0.3, -0.25) is 14.3 Å². The second-order valence-corrected chi connectivity index (χ2v) is 9.57. The quantitative estimate of drug-likeness (QED) is 0.0893. The minimum atomic E-state index is -4.59. The van der Waals surface area contributed by atoms with E-state index in [4.69, 9.17) is 6.42 Å². The third kappa shape index (κ3) is 9.23. The first-order valence-corrected chi connectivity index (χ1v) is 14.6. The lowest BCUT2D eigenvalue weighted by Crippen LogP contribution is -2.27. The Kier molecular flexibility index (Phi) is 14.2. The van der Waals surface area contributed by atoms with E-state index in [1.54, 1.807) is 12.1 Å². The van der Waals surface area contributed by atoms with Gasteiger partial charge in [-0.2, -0.15) is 18.3 Å². The largest absolute Gasteiger partial charge is 0.433 e. The van der Waals surface area contributed by atoms with E-state index in [9.17, 15) is 18.0 Å². The van der Waals surface area contributed by atoms with Crippen molar-refractivity contribution in [3.63, 3.8) is 0 Å². The van der Waals surface area contributed by atoms with E-state index < -0.39 is 11.9 Å². The molecule has 1 saturated carbocycles. The Hall–Kier alpha value is -4.53. The Morgan fingerprint density at radius 2 is 1.80 bits per heavy atom. The van der Waals surface area contributed by atoms with E-state index in [0.717, 1.165) is 11.8 Å². The van der Waals surface area contributed by atoms with E-state index in [-0.39, 0.29) is 24.6 Å². The summed E-state index contributed by atoms with van der Waals surface area (Å²) >= 11 is 0. The first kappa shape index (κ1) is 35.7. The number of aryl methyl sites for hydroxylation is 1. The van der Waals surface area contributed by atoms with Crippen LogP contribution >= 0.6 is 0 Å². The smallest absolute Gasteiger partial charge is 0.352 e. The van der Waals surface area contributed by atoms with Crippen LogP contribution < -0.4 is 16.0 Å². The number of halogens is 3. The van der Waals surface area contributed by atoms with Crippen LogP contribution in [0.5, 0.6) is 0 Å². The number of hydrogen-bond donors (Lipinski definition) is 4. The number of H-pyrrole nitrogens is 1. The summed E-state index contributed by atoms with van der Waals surface area (Å²) in [5, 5.41) is 14.3. The maximum absolute atomic E-state index is 13.4. The Labute approximate surface area is 257 Å². The van der Waals surface area contributed by atoms with Gasteiger partial charge in [0.15, 0.2) is 11.5 Å². The van der Waals surface area contributed by atoms with Gasteiger partial charge < -0.3 is 16.0 Å². The summed E-state index contributed by atoms with van der Waals surface area (Å²) in [4.78, 5) is 21.2. The van der Waals surface area contributed by atoms with Crippen LogP contribution in [0, 0.1) is 12.5 Å². The van der Waals surface area contributed by atoms with Crippen LogP contribution in [-0.4, -0.2) is 43.6 Å². The maximum Gasteiger partial charge on any atom is 0.433 e. The van der Waals surface area contributed by atoms with Crippen LogP contribution in [0.4, 0.5) is 24.7 Å². The van der Waals surface area contributed by atoms with Crippen molar-refractivity contribution in [3.05, 3.63) is 59.8 Å². The van der Waals surface area contributed by atoms with Crippen molar-refractivity contribution in [2.24, 2.45) is 0 Å². The SMILES string of the molecule is C.C#CNCCCNC(=O)c1ccc(Nc2nccn3c(-c4cn[nH]c4C(F)(F)F)cnc23)cc1CC.C1CCCC1.CC. The summed E-state index contributed by atoms with van der Waals surface area (Å²) in [6.07, 6.45) is 14.8. The highest BCUT2D eigenvalue weighted by atomic mass is 19.4. The van der Waals surface area contributed by atoms with E-state index in [1.807, 2.05) is 31.9 Å². The van der Waals surface area contributed by atoms with Crippen molar-refractivity contribution in [1.82, 2.24) is 35.2 Å². The molecule has 3 heterocycles. The van der Waals surface area contributed by atoms with Gasteiger partial charge in [-0.1, -0.05) is 66.7 Å². The predicted octanol–water partition coefficient (Wildman–Crippen LogP) is 7.36. The molecule has 5 rings (SSSR count). The molecule has 1 amide bonds. The molecule has 44 heavy (non-hydrogen) atoms. The van der Waals surface area contributed by atoms with Crippen LogP contribution in [0.1, 0.15) is 88.3 Å². The highest BCUT2D eigenvalue weighted by molar-refractivity contribution is 5.96. The van der Waals surface area contributed by atoms with E-state index in [0.29, 0.717) is 48.6 Å². The molecule has 12 heteroatoms. The third-order valence-corrected chi connectivity index (χ3v) is 6.74. The zero-order chi connectivity index (χ0) is 31.2. The van der Waals surface area contributed by atoms with Gasteiger partial charge in [-0.25, -0.2) is 9.97 Å². The Morgan fingerprint density at radius 3 is 2.43 bits per heavy atom. The van der Waals surface area contributed by atoms with Gasteiger partial charge in [-0.05, 0) is 36.6 Å². The van der Waals surface area contributed by atoms with Crippen LogP contribution in [0.15, 0.2) is 43.0 Å². The number of carbonyl (C=O) groups is 1. The number of rotatable bonds is 9. The fraction of sp³-hybridized carbons (Fsp3) is 0.438. The number of anilines is 2. The minimum Gasteiger partial charge on any atom is -0.352 e. The van der Waals surface area contributed by atoms with E-state index in [2.05, 4.69) is 37.1 Å². The Balaban J connectivity index is 0.000000754. The molecule has 0 bridgehead atoms. The molecule has 1 aromatic carbocycles. The molecule has 9 nitrogen and oxygen atoms in total. The molecule has 238 valence electrons. The topological polar surface area (TPSA) is 112 Å². The number of alkyl halides is 3. The van der Waals surface area contributed by atoms with Gasteiger partial charge >= 0.3 is 6.18 Å². The van der Waals surface area contributed by atoms with Crippen LogP contribution in [0.25, 0.3) is 16.9 Å². The second-order valence-electron chi connectivity index (χ2n) is 9.57. The normalized spacial score (nSPS) is 12.1. The molecule has 1 aliphatic rings. The number of nitrogens with one attached hydrogen (secondary N) is 4. The minimum absolute atomic E-state index is 0. The summed E-state index contributed by atoms with van der Waals surface area (Å²) in [6, 6.07) is 7.62. The summed E-state index contributed by atoms with van der Waals surface area (Å²) in [5.41, 5.74) is 1.52. The fourth-order valence-electron chi connectivity index (χ4n) is 4.66. The highest BCUT2D eigenvalue weighted by Gasteiger charge is 2.36. The number of aromatic amines is 1. The average Bonchev–Trinajstić information content (AvgIpc) is 3.80. The summed E-state index contributed by atoms with van der Waals surface area (Å²) in [5.74, 6) is 0.166. The summed E-state index contributed by atoms with van der Waals surface area (Å²) in [6.45, 7) is 7.03. The lowest BCUT2D eigenvalue weighted by atomic mass is 10.0. The molecular formula is C32H43F3N8O. The van der Waals surface area contributed by atoms with Crippen molar-refractivity contribution in [2.45, 2.75) is 79.3 Å². The molecule has 0 atom stereocenters. The predicted molar refractivity (Wildman–Crippen MR) is 170 cm³/mol. The zero-order valence-corrected chi connectivity index (χ0v) is 24.8. The van der Waals surface area contributed by atoms with Gasteiger partial charge in [0.1, 0.15) is 5.69 Å². The summed E-state index contributed by atoms with van der Waals surface area (Å²) in [7, 11) is 0. The molecule has 0 unspecified atom stereocenters. The van der Waals surface area contributed by atoms with Gasteiger partial charge in [0.2, 0.25) is 0 Å². The number of terminal acetylenes is 1. The van der Waals surface area contributed by atoms with Crippen LogP contribution in [0.2, 0.25) is 0 Å². The van der Waals surface area contributed by atoms with Crippen molar-refractivity contribution >= 4 is 23.1 Å². The number of nitrogens with zero attached hydrogens (tertiary/aromatic N) is 4. The monoisotopic (exact) mass is 612 g/mol. The summed E-state index contributed by atoms with van der Waals surface area (Å²) < 4.78 is 41.6. The number of amides is 1. The second kappa shape index (κ2) is 17.6. The fourth-order valence-corrected chi connectivity index (χ4v) is 4.66. The standard InChI is InChI=1S/C24H23F3N8O.C5H10.C2H6.CH4/c1-3-15-12-16(6-7-17(15)23(36)30-9-5-8-28-4-2)33-21-22-31-14-19(35(22)11-10-29-21)18-13-32-34-20(18)24(25,26)27;1-2-4-5-3-1;1-2;/h2,6-7,10-14,28H,3,5,8-9H2,1H3,(H,29,33)(H,30,36)(H,32,34);1-5H2;1-2H3;1H4. The molecule has 1 aliphatic carbocycles. The number of carbonyl (C=O) groups excluding carboxylic acids is 1. The average molecular weight is 613 g/mol. The van der Waals surface area contributed by atoms with Crippen LogP contribution in [-0.2, 0) is 12.6 Å². The first-order chi connectivity index (χ1) is 20.8. The lowest BCUT2D eigenvalue weighted by molar-refractivity contribution is -0.140. The molecule has 4 N–H and O–H groups in total. The number of fused-ring (bicyclic) bond motifs is 1. The van der Waals surface area contributed by atoms with Crippen molar-refractivity contribution in [2.75, 3.05) is 18.4 Å². The Bertz CT molecular complexity index is 1490. The van der Waals surface area contributed by atoms with E-state index >= 15 is 0 Å². The number of imidazole rings is 1. The molecule has 0 saturated heterocycles. The molecule has 0 radical (unpaired) electrons. The molecule has 1 fully saturated rings. The highest BCUT2D eigenvalue weighted by Crippen LogP contribution is 2.36. The van der Waals surface area contributed by atoms with E-state index in [1.165, 1.54) is 55.1 Å². The number of hydrogen-bond acceptors (Lipinski definition) is 6. The first-order valence-electron chi connectivity index (χ1n) is 14.6. The number of benzene rings is 1. The molecular weight excluding hydrogens is 569 g/mol. The third-order valence-electron chi connectivity index (χ3n) is 6.74. The molecule has 0 spiro atoms. The molecule has 0 aliphatic heterocycles. The van der Waals surface area contributed by atoms with Gasteiger partial charge in [0.05, 0.1) is 23.7 Å². The molecule has 3 aromatic heterocycles. The van der Waals surface area contributed by atoms with Gasteiger partial charge in [0.25, 0.3) is 5.91 Å². The van der Waals surface area contributed by atoms with Crippen LogP contribution in [0.3, 0.4) is 0 Å². The lowest BCUT2D eigenvalue weighted by Gasteiger charge is -2.13. The number of aromatic nitrogens is 5. The van der Waals surface area contributed by atoms with Crippen molar-refractivity contribution in [3.8, 4) is 23.7 Å². The maximum atomic E-state index is 13.4. The Morgan fingerprint density at radius 1 is 1.09 bits per heavy atom. The van der Waals surface area contributed by atoms with Gasteiger partial charge in [0, 0.05) is 42.8 Å². The molecule has 4 aromatic rings. The van der Waals surface area contributed by atoms with Gasteiger partial charge in [-0.15, -0.1) is 0 Å². The van der Waals surface area contributed by atoms with Crippen molar-refractivity contribution in [1.29, 1.82) is 0 Å². The zero-order valence-electron chi connectivity index (χ0n) is 24.8. The van der Waals surface area contributed by atoms with Crippen molar-refractivity contribution < 1.29 is 18.0 Å².